The monoisotopic (exact) mass is 417 g/mol. The summed E-state index contributed by atoms with van der Waals surface area (Å²) in [5.74, 6) is -0.755. The minimum Gasteiger partial charge on any atom is -0.472 e. The quantitative estimate of drug-likeness (QED) is 0.625. The minimum atomic E-state index is -0.689. The number of oxazole rings is 1. The van der Waals surface area contributed by atoms with Gasteiger partial charge in [-0.3, -0.25) is 4.79 Å². The fourth-order valence-corrected chi connectivity index (χ4v) is 3.71. The molecule has 0 spiro atoms. The molecule has 0 aliphatic carbocycles. The van der Waals surface area contributed by atoms with Gasteiger partial charge in [0.15, 0.2) is 5.58 Å². The van der Waals surface area contributed by atoms with Gasteiger partial charge in [-0.05, 0) is 39.0 Å². The highest BCUT2D eigenvalue weighted by Crippen LogP contribution is 2.35. The number of halogens is 1. The zero-order valence-electron chi connectivity index (χ0n) is 16.6. The summed E-state index contributed by atoms with van der Waals surface area (Å²) in [6.07, 6.45) is 3.20. The molecule has 0 amide bonds. The average Bonchev–Trinajstić information content (AvgIpc) is 3.30. The molecule has 2 aromatic heterocycles. The molecule has 1 fully saturated rings. The number of nitrogens with one attached hydrogen (secondary N) is 2. The molecule has 2 atom stereocenters. The second-order valence-electron chi connectivity index (χ2n) is 8.14. The van der Waals surface area contributed by atoms with Gasteiger partial charge in [-0.1, -0.05) is 11.6 Å². The first-order valence-electron chi connectivity index (χ1n) is 9.61. The van der Waals surface area contributed by atoms with Gasteiger partial charge in [-0.15, -0.1) is 0 Å². The zero-order chi connectivity index (χ0) is 20.6. The van der Waals surface area contributed by atoms with E-state index < -0.39 is 11.5 Å². The Morgan fingerprint density at radius 3 is 2.83 bits per heavy atom. The molecular formula is C21H24ClN3O4. The van der Waals surface area contributed by atoms with Gasteiger partial charge in [0.1, 0.15) is 17.0 Å². The van der Waals surface area contributed by atoms with Gasteiger partial charge < -0.3 is 24.2 Å². The molecule has 1 aliphatic heterocycles. The molecule has 1 aliphatic rings. The number of carbonyl (C=O) groups excluding carboxylic acids is 1. The Hall–Kier alpha value is -2.35. The maximum atomic E-state index is 13.1. The van der Waals surface area contributed by atoms with Crippen LogP contribution in [0.4, 0.5) is 0 Å². The predicted molar refractivity (Wildman–Crippen MR) is 110 cm³/mol. The van der Waals surface area contributed by atoms with E-state index in [4.69, 9.17) is 25.2 Å². The zero-order valence-corrected chi connectivity index (χ0v) is 17.4. The summed E-state index contributed by atoms with van der Waals surface area (Å²) >= 11 is 6.30. The Bertz CT molecular complexity index is 1000. The van der Waals surface area contributed by atoms with Crippen molar-refractivity contribution in [2.45, 2.75) is 38.3 Å². The van der Waals surface area contributed by atoms with Crippen molar-refractivity contribution in [3.63, 3.8) is 0 Å². The van der Waals surface area contributed by atoms with Crippen molar-refractivity contribution in [1.29, 1.82) is 0 Å². The van der Waals surface area contributed by atoms with E-state index >= 15 is 0 Å². The van der Waals surface area contributed by atoms with E-state index in [2.05, 4.69) is 15.6 Å². The van der Waals surface area contributed by atoms with Crippen LogP contribution in [0.25, 0.3) is 22.2 Å². The lowest BCUT2D eigenvalue weighted by Gasteiger charge is -2.31. The molecule has 29 heavy (non-hydrogen) atoms. The van der Waals surface area contributed by atoms with Crippen molar-refractivity contribution in [3.8, 4) is 11.1 Å². The van der Waals surface area contributed by atoms with Crippen LogP contribution in [0.5, 0.6) is 0 Å². The maximum Gasteiger partial charge on any atom is 0.320 e. The van der Waals surface area contributed by atoms with Crippen LogP contribution < -0.4 is 10.6 Å². The van der Waals surface area contributed by atoms with Crippen molar-refractivity contribution < 1.29 is 18.4 Å². The first kappa shape index (κ1) is 19.9. The van der Waals surface area contributed by atoms with Gasteiger partial charge in [0.2, 0.25) is 5.89 Å². The Labute approximate surface area is 173 Å². The Kier molecular flexibility index (Phi) is 5.38. The van der Waals surface area contributed by atoms with E-state index in [-0.39, 0.29) is 12.0 Å². The second-order valence-corrected chi connectivity index (χ2v) is 8.58. The van der Waals surface area contributed by atoms with Gasteiger partial charge in [0.05, 0.1) is 12.5 Å². The molecule has 8 heteroatoms. The molecule has 3 heterocycles. The Morgan fingerprint density at radius 2 is 2.17 bits per heavy atom. The molecule has 7 nitrogen and oxygen atoms in total. The summed E-state index contributed by atoms with van der Waals surface area (Å²) in [5, 5.41) is 7.21. The van der Waals surface area contributed by atoms with Crippen molar-refractivity contribution in [3.05, 3.63) is 41.6 Å². The smallest absolute Gasteiger partial charge is 0.320 e. The normalized spacial score (nSPS) is 18.7. The highest BCUT2D eigenvalue weighted by molar-refractivity contribution is 6.31. The van der Waals surface area contributed by atoms with E-state index in [9.17, 15) is 4.79 Å². The van der Waals surface area contributed by atoms with Crippen molar-refractivity contribution in [2.24, 2.45) is 0 Å². The number of hydrogen-bond acceptors (Lipinski definition) is 7. The first-order valence-corrected chi connectivity index (χ1v) is 9.99. The van der Waals surface area contributed by atoms with E-state index in [0.29, 0.717) is 28.6 Å². The van der Waals surface area contributed by atoms with Crippen molar-refractivity contribution >= 4 is 28.7 Å². The lowest BCUT2D eigenvalue weighted by Crippen LogP contribution is -2.53. The molecular weight excluding hydrogens is 394 g/mol. The molecule has 0 bridgehead atoms. The predicted octanol–water partition coefficient (Wildman–Crippen LogP) is 3.73. The third kappa shape index (κ3) is 4.32. The molecule has 3 aromatic rings. The van der Waals surface area contributed by atoms with E-state index in [1.807, 2.05) is 26.8 Å². The number of esters is 1. The molecule has 2 unspecified atom stereocenters. The summed E-state index contributed by atoms with van der Waals surface area (Å²) in [6.45, 7) is 7.73. The van der Waals surface area contributed by atoms with Crippen LogP contribution in [0.15, 0.2) is 39.6 Å². The summed E-state index contributed by atoms with van der Waals surface area (Å²) in [7, 11) is 0. The Morgan fingerprint density at radius 1 is 1.34 bits per heavy atom. The van der Waals surface area contributed by atoms with Gasteiger partial charge in [0, 0.05) is 41.8 Å². The summed E-state index contributed by atoms with van der Waals surface area (Å²) < 4.78 is 17.0. The number of ether oxygens (including phenoxy) is 1. The minimum absolute atomic E-state index is 0.195. The number of piperazine rings is 1. The number of carbonyl (C=O) groups is 1. The van der Waals surface area contributed by atoms with Crippen LogP contribution in [0, 0.1) is 0 Å². The summed E-state index contributed by atoms with van der Waals surface area (Å²) in [5.41, 5.74) is 2.11. The molecule has 1 aromatic carbocycles. The molecule has 4 rings (SSSR count). The third-order valence-electron chi connectivity index (χ3n) is 4.71. The first-order chi connectivity index (χ1) is 13.8. The second kappa shape index (κ2) is 7.82. The highest BCUT2D eigenvalue weighted by Gasteiger charge is 2.38. The highest BCUT2D eigenvalue weighted by atomic mass is 35.5. The van der Waals surface area contributed by atoms with Crippen LogP contribution in [0.1, 0.15) is 32.6 Å². The molecule has 0 saturated carbocycles. The van der Waals surface area contributed by atoms with E-state index in [0.717, 1.165) is 24.2 Å². The molecule has 2 N–H and O–H groups in total. The van der Waals surface area contributed by atoms with Crippen LogP contribution in [-0.4, -0.2) is 42.2 Å². The largest absolute Gasteiger partial charge is 0.472 e. The summed E-state index contributed by atoms with van der Waals surface area (Å²) in [6, 6.07) is 5.16. The van der Waals surface area contributed by atoms with Crippen LogP contribution in [-0.2, 0) is 9.53 Å². The van der Waals surface area contributed by atoms with Crippen LogP contribution in [0.2, 0.25) is 5.02 Å². The molecule has 154 valence electrons. The average molecular weight is 418 g/mol. The lowest BCUT2D eigenvalue weighted by molar-refractivity contribution is -0.158. The van der Waals surface area contributed by atoms with Crippen molar-refractivity contribution in [1.82, 2.24) is 15.6 Å². The number of fused-ring (bicyclic) bond motifs is 1. The van der Waals surface area contributed by atoms with Gasteiger partial charge >= 0.3 is 5.97 Å². The fraction of sp³-hybridized carbons (Fsp3) is 0.429. The molecule has 1 saturated heterocycles. The standard InChI is InChI=1S/C21H24ClN3O4/c1-21(2,3)29-20(26)17(16-10-23-5-6-24-16)19-25-15-9-13(22)8-14(18(15)28-19)12-4-7-27-11-12/h4,7-9,11,16-17,23-24H,5-6,10H2,1-3H3. The van der Waals surface area contributed by atoms with Gasteiger partial charge in [-0.2, -0.15) is 0 Å². The lowest BCUT2D eigenvalue weighted by atomic mass is 9.97. The fourth-order valence-electron chi connectivity index (χ4n) is 3.49. The topological polar surface area (TPSA) is 89.5 Å². The van der Waals surface area contributed by atoms with E-state index in [1.165, 1.54) is 0 Å². The van der Waals surface area contributed by atoms with Crippen LogP contribution >= 0.6 is 11.6 Å². The SMILES string of the molecule is CC(C)(C)OC(=O)C(c1nc2cc(Cl)cc(-c3ccoc3)c2o1)C1CNCCN1. The van der Waals surface area contributed by atoms with Gasteiger partial charge in [0.25, 0.3) is 0 Å². The number of rotatable bonds is 4. The van der Waals surface area contributed by atoms with Crippen LogP contribution in [0.3, 0.4) is 0 Å². The number of nitrogens with zero attached hydrogens (tertiary/aromatic N) is 1. The number of aromatic nitrogens is 1. The molecule has 0 radical (unpaired) electrons. The summed E-state index contributed by atoms with van der Waals surface area (Å²) in [4.78, 5) is 17.7. The number of furan rings is 1. The third-order valence-corrected chi connectivity index (χ3v) is 4.92. The van der Waals surface area contributed by atoms with Gasteiger partial charge in [-0.25, -0.2) is 4.98 Å². The maximum absolute atomic E-state index is 13.1. The van der Waals surface area contributed by atoms with Crippen molar-refractivity contribution in [2.75, 3.05) is 19.6 Å². The van der Waals surface area contributed by atoms with E-state index in [1.54, 1.807) is 24.7 Å². The number of benzene rings is 1. The number of hydrogen-bond donors (Lipinski definition) is 2. The Balaban J connectivity index is 1.79.